The number of unbranched alkanes of at least 4 members (excludes halogenated alkanes) is 2. The van der Waals surface area contributed by atoms with E-state index in [9.17, 15) is 9.35 Å². The topological polar surface area (TPSA) is 40.1 Å². The van der Waals surface area contributed by atoms with Crippen molar-refractivity contribution in [3.8, 4) is 0 Å². The molecule has 0 rings (SSSR count). The summed E-state index contributed by atoms with van der Waals surface area (Å²) in [4.78, 5) is 10.9. The van der Waals surface area contributed by atoms with Crippen LogP contribution in [0, 0.1) is 0 Å². The van der Waals surface area contributed by atoms with Crippen LogP contribution < -0.4 is 0 Å². The Morgan fingerprint density at radius 3 is 2.55 bits per heavy atom. The van der Waals surface area contributed by atoms with Gasteiger partial charge in [0, 0.05) is 6.42 Å². The molecule has 1 unspecified atom stereocenters. The fraction of sp³-hybridized carbons (Fsp3) is 0.875. The molecular formula is C8H16O2S. The zero-order valence-corrected chi connectivity index (χ0v) is 8.08. The van der Waals surface area contributed by atoms with Crippen LogP contribution in [-0.2, 0) is 16.0 Å². The predicted molar refractivity (Wildman–Crippen MR) is 48.1 cm³/mol. The molecule has 0 saturated carbocycles. The van der Waals surface area contributed by atoms with Gasteiger partial charge in [-0.2, -0.15) is 0 Å². The summed E-state index contributed by atoms with van der Waals surface area (Å²) in [5.41, 5.74) is 0. The van der Waals surface area contributed by atoms with Crippen molar-refractivity contribution in [3.05, 3.63) is 0 Å². The van der Waals surface area contributed by atoms with E-state index < -0.39 is 11.2 Å². The summed E-state index contributed by atoms with van der Waals surface area (Å²) in [6.45, 7) is 2.10. The molecule has 1 atom stereocenters. The Kier molecular flexibility index (Phi) is 6.66. The molecule has 0 aromatic carbocycles. The van der Waals surface area contributed by atoms with Crippen molar-refractivity contribution in [3.63, 3.8) is 0 Å². The van der Waals surface area contributed by atoms with E-state index in [0.717, 1.165) is 19.3 Å². The highest BCUT2D eigenvalue weighted by atomic mass is 32.2. The molecule has 0 saturated heterocycles. The summed E-state index contributed by atoms with van der Waals surface area (Å²) in [6.07, 6.45) is 5.35. The number of hydrogen-bond acceptors (Lipinski definition) is 2. The molecule has 0 bridgehead atoms. The molecule has 11 heavy (non-hydrogen) atoms. The van der Waals surface area contributed by atoms with Gasteiger partial charge >= 0.3 is 0 Å². The van der Waals surface area contributed by atoms with Crippen LogP contribution >= 0.6 is 0 Å². The van der Waals surface area contributed by atoms with Gasteiger partial charge in [0.25, 0.3) is 0 Å². The molecular weight excluding hydrogens is 160 g/mol. The molecule has 0 aliphatic heterocycles. The lowest BCUT2D eigenvalue weighted by molar-refractivity contribution is -0.116. The van der Waals surface area contributed by atoms with Crippen LogP contribution in [0.25, 0.3) is 0 Å². The van der Waals surface area contributed by atoms with Crippen LogP contribution in [0.1, 0.15) is 32.6 Å². The Morgan fingerprint density at radius 1 is 1.45 bits per heavy atom. The zero-order valence-electron chi connectivity index (χ0n) is 7.26. The maximum Gasteiger partial charge on any atom is 0.181 e. The summed E-state index contributed by atoms with van der Waals surface area (Å²) in [6, 6.07) is 0. The van der Waals surface area contributed by atoms with Gasteiger partial charge < -0.3 is 4.55 Å². The minimum Gasteiger partial charge on any atom is -0.616 e. The van der Waals surface area contributed by atoms with Gasteiger partial charge in [0.2, 0.25) is 0 Å². The van der Waals surface area contributed by atoms with Crippen molar-refractivity contribution in [1.82, 2.24) is 0 Å². The average molecular weight is 176 g/mol. The van der Waals surface area contributed by atoms with Gasteiger partial charge in [0.05, 0.1) is 6.26 Å². The fourth-order valence-electron chi connectivity index (χ4n) is 0.871. The molecule has 2 nitrogen and oxygen atoms in total. The molecule has 0 fully saturated rings. The lowest BCUT2D eigenvalue weighted by Crippen LogP contribution is -2.13. The van der Waals surface area contributed by atoms with Gasteiger partial charge in [-0.25, -0.2) is 0 Å². The Balaban J connectivity index is 3.23. The van der Waals surface area contributed by atoms with Crippen LogP contribution in [0.4, 0.5) is 0 Å². The SMILES string of the molecule is CCCCCC(=O)C[S+](C)[O-]. The average Bonchev–Trinajstić information content (AvgIpc) is 1.86. The second kappa shape index (κ2) is 6.68. The molecule has 0 amide bonds. The lowest BCUT2D eigenvalue weighted by Gasteiger charge is -2.02. The summed E-state index contributed by atoms with van der Waals surface area (Å²) in [7, 11) is 0. The molecule has 0 N–H and O–H groups in total. The lowest BCUT2D eigenvalue weighted by atomic mass is 10.2. The van der Waals surface area contributed by atoms with E-state index >= 15 is 0 Å². The number of carbonyl (C=O) groups excluding carboxylic acids is 1. The Morgan fingerprint density at radius 2 is 2.09 bits per heavy atom. The third-order valence-electron chi connectivity index (χ3n) is 1.42. The van der Waals surface area contributed by atoms with Crippen molar-refractivity contribution in [1.29, 1.82) is 0 Å². The first-order valence-electron chi connectivity index (χ1n) is 3.98. The van der Waals surface area contributed by atoms with E-state index in [1.54, 1.807) is 6.26 Å². The van der Waals surface area contributed by atoms with Crippen molar-refractivity contribution >= 4 is 17.0 Å². The smallest absolute Gasteiger partial charge is 0.181 e. The van der Waals surface area contributed by atoms with Gasteiger partial charge in [0.15, 0.2) is 11.5 Å². The summed E-state index contributed by atoms with van der Waals surface area (Å²) in [5.74, 6) is 0.378. The van der Waals surface area contributed by atoms with Gasteiger partial charge in [-0.3, -0.25) is 4.79 Å². The molecule has 0 spiro atoms. The Hall–Kier alpha value is -0.0200. The van der Waals surface area contributed by atoms with Gasteiger partial charge in [-0.15, -0.1) is 0 Å². The van der Waals surface area contributed by atoms with Crippen molar-refractivity contribution in [2.24, 2.45) is 0 Å². The number of rotatable bonds is 6. The minimum atomic E-state index is -0.951. The van der Waals surface area contributed by atoms with Crippen LogP contribution in [-0.4, -0.2) is 22.3 Å². The van der Waals surface area contributed by atoms with Crippen LogP contribution in [0.3, 0.4) is 0 Å². The summed E-state index contributed by atoms with van der Waals surface area (Å²) < 4.78 is 10.6. The highest BCUT2D eigenvalue weighted by Crippen LogP contribution is 2.00. The number of carbonyl (C=O) groups is 1. The van der Waals surface area contributed by atoms with Gasteiger partial charge in [-0.1, -0.05) is 19.8 Å². The van der Waals surface area contributed by atoms with E-state index in [0.29, 0.717) is 6.42 Å². The van der Waals surface area contributed by atoms with E-state index in [1.807, 2.05) is 0 Å². The first-order chi connectivity index (χ1) is 5.16. The highest BCUT2D eigenvalue weighted by molar-refractivity contribution is 7.91. The molecule has 0 aromatic heterocycles. The first-order valence-corrected chi connectivity index (χ1v) is 5.71. The number of Topliss-reactive ketones (excluding diaryl/α,β-unsaturated/α-hetero) is 1. The van der Waals surface area contributed by atoms with Gasteiger partial charge in [0.1, 0.15) is 0 Å². The normalized spacial score (nSPS) is 13.0. The second-order valence-electron chi connectivity index (χ2n) is 2.71. The monoisotopic (exact) mass is 176 g/mol. The van der Waals surface area contributed by atoms with E-state index in [1.165, 1.54) is 0 Å². The van der Waals surface area contributed by atoms with Crippen molar-refractivity contribution in [2.45, 2.75) is 32.6 Å². The van der Waals surface area contributed by atoms with Crippen LogP contribution in [0.2, 0.25) is 0 Å². The van der Waals surface area contributed by atoms with E-state index in [2.05, 4.69) is 6.92 Å². The minimum absolute atomic E-state index is 0.138. The van der Waals surface area contributed by atoms with Crippen molar-refractivity contribution < 1.29 is 9.35 Å². The summed E-state index contributed by atoms with van der Waals surface area (Å²) >= 11 is -0.951. The third kappa shape index (κ3) is 7.88. The molecule has 66 valence electrons. The molecule has 0 heterocycles. The molecule has 0 aromatic rings. The van der Waals surface area contributed by atoms with E-state index in [4.69, 9.17) is 0 Å². The van der Waals surface area contributed by atoms with E-state index in [-0.39, 0.29) is 11.5 Å². The predicted octanol–water partition coefficient (Wildman–Crippen LogP) is 1.51. The maximum absolute atomic E-state index is 10.9. The quantitative estimate of drug-likeness (QED) is 0.454. The number of ketones is 1. The first kappa shape index (κ1) is 11.0. The van der Waals surface area contributed by atoms with Crippen LogP contribution in [0.15, 0.2) is 0 Å². The highest BCUT2D eigenvalue weighted by Gasteiger charge is 2.06. The molecule has 0 aliphatic rings. The Bertz CT molecular complexity index is 113. The summed E-state index contributed by atoms with van der Waals surface area (Å²) in [5, 5.41) is 0. The van der Waals surface area contributed by atoms with Gasteiger partial charge in [-0.05, 0) is 17.6 Å². The maximum atomic E-state index is 10.9. The Labute approximate surface area is 71.5 Å². The zero-order chi connectivity index (χ0) is 8.69. The van der Waals surface area contributed by atoms with Crippen LogP contribution in [0.5, 0.6) is 0 Å². The fourth-order valence-corrected chi connectivity index (χ4v) is 1.47. The second-order valence-corrected chi connectivity index (χ2v) is 4.15. The third-order valence-corrected chi connectivity index (χ3v) is 2.15. The molecule has 3 heteroatoms. The molecule has 0 aliphatic carbocycles. The largest absolute Gasteiger partial charge is 0.616 e. The van der Waals surface area contributed by atoms with Crippen molar-refractivity contribution in [2.75, 3.05) is 12.0 Å². The standard InChI is InChI=1S/C8H16O2S/c1-3-4-5-6-8(9)7-11(2)10/h3-7H2,1-2H3. The number of hydrogen-bond donors (Lipinski definition) is 0. The molecule has 0 radical (unpaired) electrons.